The SMILES string of the molecule is COC(=O)c1cc(S(=O)(=O)Nc2cc(Cl)ccc2F)ccc1Br. The van der Waals surface area contributed by atoms with Crippen LogP contribution in [0.25, 0.3) is 0 Å². The van der Waals surface area contributed by atoms with E-state index in [0.29, 0.717) is 4.47 Å². The summed E-state index contributed by atoms with van der Waals surface area (Å²) in [6, 6.07) is 7.26. The number of anilines is 1. The van der Waals surface area contributed by atoms with Crippen molar-refractivity contribution in [1.82, 2.24) is 0 Å². The topological polar surface area (TPSA) is 72.5 Å². The number of ether oxygens (including phenoxy) is 1. The van der Waals surface area contributed by atoms with Crippen LogP contribution in [0.15, 0.2) is 45.8 Å². The number of esters is 1. The van der Waals surface area contributed by atoms with Gasteiger partial charge in [0.25, 0.3) is 10.0 Å². The third kappa shape index (κ3) is 4.01. The first kappa shape index (κ1) is 17.7. The second-order valence-corrected chi connectivity index (χ2v) is 7.34. The van der Waals surface area contributed by atoms with Crippen LogP contribution < -0.4 is 4.72 Å². The molecule has 9 heteroatoms. The highest BCUT2D eigenvalue weighted by atomic mass is 79.9. The van der Waals surface area contributed by atoms with Crippen molar-refractivity contribution in [3.63, 3.8) is 0 Å². The fourth-order valence-corrected chi connectivity index (χ4v) is 3.38. The van der Waals surface area contributed by atoms with Crippen molar-refractivity contribution in [3.05, 3.63) is 57.3 Å². The molecule has 0 saturated carbocycles. The fourth-order valence-electron chi connectivity index (χ4n) is 1.72. The van der Waals surface area contributed by atoms with Crippen molar-refractivity contribution in [1.29, 1.82) is 0 Å². The van der Waals surface area contributed by atoms with Gasteiger partial charge in [-0.15, -0.1) is 0 Å². The predicted molar refractivity (Wildman–Crippen MR) is 87.7 cm³/mol. The number of carbonyl (C=O) groups is 1. The number of rotatable bonds is 4. The minimum absolute atomic E-state index is 0.0296. The molecule has 0 bridgehead atoms. The van der Waals surface area contributed by atoms with Crippen LogP contribution in [0.3, 0.4) is 0 Å². The summed E-state index contributed by atoms with van der Waals surface area (Å²) in [5, 5.41) is 0.176. The Kier molecular flexibility index (Phi) is 5.28. The number of methoxy groups -OCH3 is 1. The van der Waals surface area contributed by atoms with E-state index in [4.69, 9.17) is 11.6 Å². The Hall–Kier alpha value is -1.64. The van der Waals surface area contributed by atoms with Crippen LogP contribution in [-0.2, 0) is 14.8 Å². The number of benzene rings is 2. The van der Waals surface area contributed by atoms with Gasteiger partial charge in [-0.3, -0.25) is 4.72 Å². The number of sulfonamides is 1. The average Bonchev–Trinajstić information content (AvgIpc) is 2.50. The molecule has 5 nitrogen and oxygen atoms in total. The number of hydrogen-bond donors (Lipinski definition) is 1. The van der Waals surface area contributed by atoms with Gasteiger partial charge in [-0.05, 0) is 52.3 Å². The maximum absolute atomic E-state index is 13.7. The van der Waals surface area contributed by atoms with Crippen LogP contribution in [0.2, 0.25) is 5.02 Å². The van der Waals surface area contributed by atoms with Gasteiger partial charge in [-0.1, -0.05) is 11.6 Å². The van der Waals surface area contributed by atoms with Gasteiger partial charge in [0.2, 0.25) is 0 Å². The Morgan fingerprint density at radius 3 is 2.61 bits per heavy atom. The summed E-state index contributed by atoms with van der Waals surface area (Å²) in [6.45, 7) is 0. The molecule has 2 rings (SSSR count). The first-order chi connectivity index (χ1) is 10.7. The number of hydrogen-bond acceptors (Lipinski definition) is 4. The van der Waals surface area contributed by atoms with Crippen molar-refractivity contribution >= 4 is 49.2 Å². The van der Waals surface area contributed by atoms with Crippen molar-refractivity contribution in [2.75, 3.05) is 11.8 Å². The van der Waals surface area contributed by atoms with E-state index in [0.717, 1.165) is 18.2 Å². The highest BCUT2D eigenvalue weighted by molar-refractivity contribution is 9.10. The third-order valence-corrected chi connectivity index (χ3v) is 5.12. The Balaban J connectivity index is 2.44. The lowest BCUT2D eigenvalue weighted by atomic mass is 10.2. The zero-order valence-electron chi connectivity index (χ0n) is 11.6. The molecule has 0 amide bonds. The fraction of sp³-hybridized carbons (Fsp3) is 0.0714. The van der Waals surface area contributed by atoms with Crippen LogP contribution in [0, 0.1) is 5.82 Å². The molecule has 122 valence electrons. The standard InChI is InChI=1S/C14H10BrClFNO4S/c1-22-14(19)10-7-9(3-4-11(10)15)23(20,21)18-13-6-8(16)2-5-12(13)17/h2-7,18H,1H3. The van der Waals surface area contributed by atoms with E-state index < -0.39 is 21.8 Å². The maximum atomic E-state index is 13.7. The van der Waals surface area contributed by atoms with Crippen LogP contribution in [0.4, 0.5) is 10.1 Å². The quantitative estimate of drug-likeness (QED) is 0.760. The summed E-state index contributed by atoms with van der Waals surface area (Å²) in [6.07, 6.45) is 0. The first-order valence-corrected chi connectivity index (χ1v) is 8.76. The molecule has 0 saturated heterocycles. The van der Waals surface area contributed by atoms with Crippen LogP contribution in [0.1, 0.15) is 10.4 Å². The highest BCUT2D eigenvalue weighted by Gasteiger charge is 2.20. The summed E-state index contributed by atoms with van der Waals surface area (Å²) >= 11 is 8.86. The smallest absolute Gasteiger partial charge is 0.339 e. The molecule has 0 radical (unpaired) electrons. The molecule has 0 aliphatic rings. The minimum Gasteiger partial charge on any atom is -0.465 e. The molecule has 0 aliphatic carbocycles. The molecule has 0 atom stereocenters. The summed E-state index contributed by atoms with van der Waals surface area (Å²) in [5.41, 5.74) is -0.262. The van der Waals surface area contributed by atoms with E-state index in [9.17, 15) is 17.6 Å². The van der Waals surface area contributed by atoms with Crippen molar-refractivity contribution in [2.24, 2.45) is 0 Å². The van der Waals surface area contributed by atoms with Gasteiger partial charge in [0.1, 0.15) is 5.82 Å². The monoisotopic (exact) mass is 421 g/mol. The van der Waals surface area contributed by atoms with Gasteiger partial charge < -0.3 is 4.74 Å². The zero-order valence-corrected chi connectivity index (χ0v) is 14.8. The van der Waals surface area contributed by atoms with Gasteiger partial charge in [0, 0.05) is 9.50 Å². The van der Waals surface area contributed by atoms with E-state index in [2.05, 4.69) is 25.4 Å². The largest absolute Gasteiger partial charge is 0.465 e. The summed E-state index contributed by atoms with van der Waals surface area (Å²) in [7, 11) is -2.93. The van der Waals surface area contributed by atoms with Gasteiger partial charge >= 0.3 is 5.97 Å². The van der Waals surface area contributed by atoms with Gasteiger partial charge in [0.15, 0.2) is 0 Å². The molecule has 0 aromatic heterocycles. The predicted octanol–water partition coefficient (Wildman–Crippen LogP) is 3.83. The Bertz CT molecular complexity index is 873. The van der Waals surface area contributed by atoms with Crippen molar-refractivity contribution in [2.45, 2.75) is 4.90 Å². The van der Waals surface area contributed by atoms with E-state index in [1.54, 1.807) is 0 Å². The Morgan fingerprint density at radius 1 is 1.26 bits per heavy atom. The highest BCUT2D eigenvalue weighted by Crippen LogP contribution is 2.25. The minimum atomic E-state index is -4.11. The van der Waals surface area contributed by atoms with Gasteiger partial charge in [-0.2, -0.15) is 0 Å². The zero-order chi connectivity index (χ0) is 17.2. The molecule has 0 unspecified atom stereocenters. The average molecular weight is 423 g/mol. The molecular formula is C14H10BrClFNO4S. The van der Waals surface area contributed by atoms with Crippen molar-refractivity contribution < 1.29 is 22.3 Å². The van der Waals surface area contributed by atoms with Crippen molar-refractivity contribution in [3.8, 4) is 0 Å². The van der Waals surface area contributed by atoms with Gasteiger partial charge in [-0.25, -0.2) is 17.6 Å². The van der Waals surface area contributed by atoms with Crippen LogP contribution in [0.5, 0.6) is 0 Å². The van der Waals surface area contributed by atoms with Crippen LogP contribution >= 0.6 is 27.5 Å². The van der Waals surface area contributed by atoms with Gasteiger partial charge in [0.05, 0.1) is 23.3 Å². The summed E-state index contributed by atoms with van der Waals surface area (Å²) < 4.78 is 45.4. The molecule has 0 spiro atoms. The lowest BCUT2D eigenvalue weighted by Crippen LogP contribution is -2.15. The maximum Gasteiger partial charge on any atom is 0.339 e. The Morgan fingerprint density at radius 2 is 1.96 bits per heavy atom. The van der Waals surface area contributed by atoms with E-state index in [1.165, 1.54) is 25.3 Å². The van der Waals surface area contributed by atoms with Crippen LogP contribution in [-0.4, -0.2) is 21.5 Å². The number of nitrogens with one attached hydrogen (secondary N) is 1. The lowest BCUT2D eigenvalue weighted by molar-refractivity contribution is 0.0599. The molecular weight excluding hydrogens is 413 g/mol. The second kappa shape index (κ2) is 6.86. The normalized spacial score (nSPS) is 11.1. The van der Waals surface area contributed by atoms with E-state index >= 15 is 0 Å². The third-order valence-electron chi connectivity index (χ3n) is 2.83. The summed E-state index contributed by atoms with van der Waals surface area (Å²) in [5.74, 6) is -1.48. The molecule has 2 aromatic rings. The molecule has 0 aliphatic heterocycles. The Labute approximate surface area is 145 Å². The van der Waals surface area contributed by atoms with E-state index in [-0.39, 0.29) is 21.2 Å². The molecule has 1 N–H and O–H groups in total. The molecule has 0 heterocycles. The second-order valence-electron chi connectivity index (χ2n) is 4.36. The first-order valence-electron chi connectivity index (χ1n) is 6.10. The molecule has 23 heavy (non-hydrogen) atoms. The lowest BCUT2D eigenvalue weighted by Gasteiger charge is -2.11. The molecule has 2 aromatic carbocycles. The number of carbonyl (C=O) groups excluding carboxylic acids is 1. The number of halogens is 3. The van der Waals surface area contributed by atoms with E-state index in [1.807, 2.05) is 0 Å². The summed E-state index contributed by atoms with van der Waals surface area (Å²) in [4.78, 5) is 11.4. The molecule has 0 fully saturated rings.